The molecule has 0 unspecified atom stereocenters. The Morgan fingerprint density at radius 2 is 1.40 bits per heavy atom. The molecule has 2 rings (SSSR count). The quantitative estimate of drug-likeness (QED) is 0.620. The van der Waals surface area contributed by atoms with Crippen LogP contribution in [0.15, 0.2) is 57.2 Å². The number of hydrogen-bond acceptors (Lipinski definition) is 3. The molecule has 0 aliphatic heterocycles. The number of hydrogen-bond donors (Lipinski definition) is 3. The number of rotatable bonds is 1. The molecule has 0 amide bonds. The Bertz CT molecular complexity index is 492. The Labute approximate surface area is 106 Å². The predicted octanol–water partition coefficient (Wildman–Crippen LogP) is 4.22. The van der Waals surface area contributed by atoms with Crippen molar-refractivity contribution in [2.75, 3.05) is 0 Å². The van der Waals surface area contributed by atoms with Crippen molar-refractivity contribution in [1.82, 2.24) is 0 Å². The fraction of sp³-hybridized carbons (Fsp3) is 0. The Hall–Kier alpha value is -0.510. The summed E-state index contributed by atoms with van der Waals surface area (Å²) in [6.45, 7) is 0. The number of thiol groups is 3. The van der Waals surface area contributed by atoms with Crippen molar-refractivity contribution >= 4 is 37.9 Å². The van der Waals surface area contributed by atoms with Crippen molar-refractivity contribution in [3.8, 4) is 11.1 Å². The molecule has 15 heavy (non-hydrogen) atoms. The van der Waals surface area contributed by atoms with Crippen LogP contribution in [0.25, 0.3) is 11.1 Å². The standard InChI is InChI=1S/C12H10S3/c13-10-3-1-2-8(6-10)9-4-5-11(14)12(15)7-9/h1-7,13-15H. The fourth-order valence-electron chi connectivity index (χ4n) is 1.39. The molecule has 0 aromatic heterocycles. The van der Waals surface area contributed by atoms with E-state index in [0.717, 1.165) is 25.8 Å². The summed E-state index contributed by atoms with van der Waals surface area (Å²) in [6.07, 6.45) is 0. The second kappa shape index (κ2) is 4.56. The lowest BCUT2D eigenvalue weighted by Crippen LogP contribution is -1.79. The molecule has 0 nitrogen and oxygen atoms in total. The highest BCUT2D eigenvalue weighted by molar-refractivity contribution is 7.83. The minimum absolute atomic E-state index is 0.889. The van der Waals surface area contributed by atoms with E-state index in [1.807, 2.05) is 36.4 Å². The molecular formula is C12H10S3. The zero-order valence-corrected chi connectivity index (χ0v) is 10.6. The Kier molecular flexibility index (Phi) is 3.34. The van der Waals surface area contributed by atoms with Crippen LogP contribution in [-0.4, -0.2) is 0 Å². The molecule has 0 heterocycles. The lowest BCUT2D eigenvalue weighted by molar-refractivity contribution is 1.27. The first-order valence-electron chi connectivity index (χ1n) is 4.48. The van der Waals surface area contributed by atoms with Gasteiger partial charge in [0.2, 0.25) is 0 Å². The van der Waals surface area contributed by atoms with Gasteiger partial charge in [0.1, 0.15) is 0 Å². The van der Waals surface area contributed by atoms with Crippen LogP contribution < -0.4 is 0 Å². The number of benzene rings is 2. The van der Waals surface area contributed by atoms with Crippen molar-refractivity contribution in [3.05, 3.63) is 42.5 Å². The third-order valence-electron chi connectivity index (χ3n) is 2.15. The highest BCUT2D eigenvalue weighted by atomic mass is 32.1. The Morgan fingerprint density at radius 1 is 0.667 bits per heavy atom. The summed E-state index contributed by atoms with van der Waals surface area (Å²) in [5.74, 6) is 0. The highest BCUT2D eigenvalue weighted by Gasteiger charge is 2.00. The molecule has 0 aliphatic carbocycles. The summed E-state index contributed by atoms with van der Waals surface area (Å²) in [5.41, 5.74) is 2.28. The molecule has 0 aliphatic rings. The third-order valence-corrected chi connectivity index (χ3v) is 3.37. The van der Waals surface area contributed by atoms with Gasteiger partial charge in [-0.3, -0.25) is 0 Å². The highest BCUT2D eigenvalue weighted by Crippen LogP contribution is 2.27. The largest absolute Gasteiger partial charge is 0.143 e. The van der Waals surface area contributed by atoms with E-state index in [2.05, 4.69) is 44.0 Å². The summed E-state index contributed by atoms with van der Waals surface area (Å²) in [6, 6.07) is 14.0. The zero-order chi connectivity index (χ0) is 10.8. The van der Waals surface area contributed by atoms with E-state index in [4.69, 9.17) is 0 Å². The first-order chi connectivity index (χ1) is 7.16. The zero-order valence-electron chi connectivity index (χ0n) is 7.88. The third kappa shape index (κ3) is 2.54. The molecule has 0 atom stereocenters. The maximum Gasteiger partial charge on any atom is 0.0180 e. The molecule has 0 fully saturated rings. The van der Waals surface area contributed by atoms with Crippen molar-refractivity contribution in [1.29, 1.82) is 0 Å². The molecule has 76 valence electrons. The topological polar surface area (TPSA) is 0 Å². The summed E-state index contributed by atoms with van der Waals surface area (Å²) < 4.78 is 0. The minimum atomic E-state index is 0.889. The first kappa shape index (κ1) is 11.0. The predicted molar refractivity (Wildman–Crippen MR) is 73.6 cm³/mol. The normalized spacial score (nSPS) is 10.3. The van der Waals surface area contributed by atoms with E-state index in [9.17, 15) is 0 Å². The van der Waals surface area contributed by atoms with Gasteiger partial charge in [-0.2, -0.15) is 0 Å². The maximum atomic E-state index is 4.35. The molecule has 3 heteroatoms. The van der Waals surface area contributed by atoms with E-state index < -0.39 is 0 Å². The average Bonchev–Trinajstić information content (AvgIpc) is 2.22. The molecule has 0 saturated heterocycles. The molecule has 2 aromatic carbocycles. The molecule has 0 saturated carbocycles. The molecular weight excluding hydrogens is 240 g/mol. The summed E-state index contributed by atoms with van der Waals surface area (Å²) in [4.78, 5) is 2.74. The fourth-order valence-corrected chi connectivity index (χ4v) is 1.97. The van der Waals surface area contributed by atoms with Gasteiger partial charge >= 0.3 is 0 Å². The van der Waals surface area contributed by atoms with Gasteiger partial charge in [0.25, 0.3) is 0 Å². The summed E-state index contributed by atoms with van der Waals surface area (Å²) in [7, 11) is 0. The summed E-state index contributed by atoms with van der Waals surface area (Å²) >= 11 is 13.0. The van der Waals surface area contributed by atoms with Gasteiger partial charge in [-0.25, -0.2) is 0 Å². The van der Waals surface area contributed by atoms with Gasteiger partial charge in [-0.1, -0.05) is 18.2 Å². The van der Waals surface area contributed by atoms with Crippen molar-refractivity contribution in [2.45, 2.75) is 14.7 Å². The maximum absolute atomic E-state index is 4.35. The van der Waals surface area contributed by atoms with Gasteiger partial charge in [0, 0.05) is 14.7 Å². The second-order valence-electron chi connectivity index (χ2n) is 3.25. The van der Waals surface area contributed by atoms with Gasteiger partial charge < -0.3 is 0 Å². The molecule has 0 spiro atoms. The van der Waals surface area contributed by atoms with E-state index in [0.29, 0.717) is 0 Å². The molecule has 2 aromatic rings. The smallest absolute Gasteiger partial charge is 0.0180 e. The average molecular weight is 250 g/mol. The van der Waals surface area contributed by atoms with Crippen LogP contribution >= 0.6 is 37.9 Å². The molecule has 0 radical (unpaired) electrons. The van der Waals surface area contributed by atoms with Crippen LogP contribution in [-0.2, 0) is 0 Å². The second-order valence-corrected chi connectivity index (χ2v) is 4.73. The lowest BCUT2D eigenvalue weighted by Gasteiger charge is -2.05. The van der Waals surface area contributed by atoms with Crippen LogP contribution in [0, 0.1) is 0 Å². The van der Waals surface area contributed by atoms with E-state index in [-0.39, 0.29) is 0 Å². The van der Waals surface area contributed by atoms with Gasteiger partial charge in [0.05, 0.1) is 0 Å². The van der Waals surface area contributed by atoms with Crippen LogP contribution in [0.2, 0.25) is 0 Å². The van der Waals surface area contributed by atoms with Gasteiger partial charge in [-0.15, -0.1) is 37.9 Å². The van der Waals surface area contributed by atoms with Crippen LogP contribution in [0.5, 0.6) is 0 Å². The SMILES string of the molecule is Sc1cccc(-c2ccc(S)c(S)c2)c1. The molecule has 0 bridgehead atoms. The van der Waals surface area contributed by atoms with E-state index in [1.165, 1.54) is 0 Å². The lowest BCUT2D eigenvalue weighted by atomic mass is 10.1. The molecule has 0 N–H and O–H groups in total. The van der Waals surface area contributed by atoms with Crippen LogP contribution in [0.4, 0.5) is 0 Å². The van der Waals surface area contributed by atoms with Crippen molar-refractivity contribution in [2.24, 2.45) is 0 Å². The van der Waals surface area contributed by atoms with Gasteiger partial charge in [0.15, 0.2) is 0 Å². The van der Waals surface area contributed by atoms with E-state index in [1.54, 1.807) is 0 Å². The Balaban J connectivity index is 2.50. The monoisotopic (exact) mass is 250 g/mol. The summed E-state index contributed by atoms with van der Waals surface area (Å²) in [5, 5.41) is 0. The first-order valence-corrected chi connectivity index (χ1v) is 5.82. The Morgan fingerprint density at radius 3 is 2.07 bits per heavy atom. The van der Waals surface area contributed by atoms with Crippen molar-refractivity contribution < 1.29 is 0 Å². The van der Waals surface area contributed by atoms with Crippen LogP contribution in [0.1, 0.15) is 0 Å². The van der Waals surface area contributed by atoms with Crippen molar-refractivity contribution in [3.63, 3.8) is 0 Å². The van der Waals surface area contributed by atoms with Crippen LogP contribution in [0.3, 0.4) is 0 Å². The van der Waals surface area contributed by atoms with E-state index >= 15 is 0 Å². The minimum Gasteiger partial charge on any atom is -0.143 e. The van der Waals surface area contributed by atoms with Gasteiger partial charge in [-0.05, 0) is 35.4 Å².